The summed E-state index contributed by atoms with van der Waals surface area (Å²) in [4.78, 5) is 43.7. The number of amides is 4. The number of nitrogens with one attached hydrogen (secondary N) is 1. The number of β-lactam (4-membered cyclic amide) rings is 1. The molecule has 182 valence electrons. The van der Waals surface area contributed by atoms with Gasteiger partial charge in [0, 0.05) is 25.0 Å². The number of para-hydroxylation sites is 1. The fraction of sp³-hybridized carbons (Fsp3) is 0.462. The molecule has 0 spiro atoms. The first-order valence-corrected chi connectivity index (χ1v) is 11.9. The van der Waals surface area contributed by atoms with Gasteiger partial charge in [-0.2, -0.15) is 0 Å². The molecule has 4 rings (SSSR count). The predicted octanol–water partition coefficient (Wildman–Crippen LogP) is 3.90. The lowest BCUT2D eigenvalue weighted by atomic mass is 9.84. The Morgan fingerprint density at radius 2 is 1.82 bits per heavy atom. The van der Waals surface area contributed by atoms with Gasteiger partial charge in [-0.3, -0.25) is 14.5 Å². The van der Waals surface area contributed by atoms with Gasteiger partial charge < -0.3 is 16.0 Å². The summed E-state index contributed by atoms with van der Waals surface area (Å²) in [5.74, 6) is 0.504. The van der Waals surface area contributed by atoms with Crippen molar-refractivity contribution in [3.8, 4) is 0 Å². The largest absolute Gasteiger partial charge is 0.384 e. The molecule has 2 unspecified atom stereocenters. The fourth-order valence-electron chi connectivity index (χ4n) is 4.45. The molecule has 2 aliphatic rings. The van der Waals surface area contributed by atoms with Gasteiger partial charge in [-0.05, 0) is 62.4 Å². The van der Waals surface area contributed by atoms with Gasteiger partial charge in [0.1, 0.15) is 11.9 Å². The number of carbonyl (C=O) groups excluding carboxylic acids is 3. The first kappa shape index (κ1) is 25.2. The molecular weight excluding hydrogens is 430 g/mol. The van der Waals surface area contributed by atoms with Gasteiger partial charge in [0.15, 0.2) is 0 Å². The first-order chi connectivity index (χ1) is 16.3. The molecule has 3 N–H and O–H groups in total. The molecule has 8 nitrogen and oxygen atoms in total. The number of nitrogen functional groups attached to an aromatic ring is 1. The van der Waals surface area contributed by atoms with Gasteiger partial charge in [-0.15, -0.1) is 0 Å². The number of aromatic nitrogens is 1. The number of urea groups is 1. The summed E-state index contributed by atoms with van der Waals surface area (Å²) in [5, 5.41) is 2.94. The minimum atomic E-state index is -0.716. The Hall–Kier alpha value is -3.42. The van der Waals surface area contributed by atoms with Crippen LogP contribution in [0, 0.1) is 12.8 Å². The van der Waals surface area contributed by atoms with Crippen molar-refractivity contribution in [2.45, 2.75) is 64.5 Å². The fourth-order valence-corrected chi connectivity index (χ4v) is 4.45. The molecule has 2 heterocycles. The lowest BCUT2D eigenvalue weighted by Crippen LogP contribution is -2.65. The number of anilines is 2. The molecule has 0 bridgehead atoms. The molecule has 2 aromatic rings. The van der Waals surface area contributed by atoms with Gasteiger partial charge in [-0.25, -0.2) is 9.78 Å². The second-order valence-corrected chi connectivity index (χ2v) is 9.11. The van der Waals surface area contributed by atoms with Crippen LogP contribution in [-0.4, -0.2) is 46.9 Å². The minimum absolute atomic E-state index is 0.0128. The van der Waals surface area contributed by atoms with Crippen LogP contribution < -0.4 is 16.0 Å². The summed E-state index contributed by atoms with van der Waals surface area (Å²) in [7, 11) is 1.67. The Balaban J connectivity index is 0.000000343. The number of likely N-dealkylation sites (tertiary alicyclic amines) is 1. The van der Waals surface area contributed by atoms with Crippen molar-refractivity contribution in [1.29, 1.82) is 0 Å². The second-order valence-electron chi connectivity index (χ2n) is 9.11. The number of hydrogen-bond donors (Lipinski definition) is 2. The van der Waals surface area contributed by atoms with Crippen molar-refractivity contribution in [2.75, 3.05) is 17.7 Å². The van der Waals surface area contributed by atoms with Gasteiger partial charge in [-0.1, -0.05) is 37.5 Å². The smallest absolute Gasteiger partial charge is 0.325 e. The van der Waals surface area contributed by atoms with E-state index < -0.39 is 12.1 Å². The number of aryl methyl sites for hydroxylation is 1. The van der Waals surface area contributed by atoms with E-state index >= 15 is 0 Å². The third-order valence-corrected chi connectivity index (χ3v) is 6.57. The van der Waals surface area contributed by atoms with Crippen LogP contribution >= 0.6 is 0 Å². The molecule has 0 radical (unpaired) electrons. The molecule has 4 amide bonds. The lowest BCUT2D eigenvalue weighted by molar-refractivity contribution is -0.147. The first-order valence-electron chi connectivity index (χ1n) is 11.9. The highest BCUT2D eigenvalue weighted by Crippen LogP contribution is 2.28. The molecule has 2 atom stereocenters. The van der Waals surface area contributed by atoms with Crippen molar-refractivity contribution in [2.24, 2.45) is 5.92 Å². The summed E-state index contributed by atoms with van der Waals surface area (Å²) in [6.45, 7) is 3.98. The van der Waals surface area contributed by atoms with Gasteiger partial charge >= 0.3 is 6.03 Å². The predicted molar refractivity (Wildman–Crippen MR) is 133 cm³/mol. The van der Waals surface area contributed by atoms with Crippen LogP contribution in [0.3, 0.4) is 0 Å². The molecule has 8 heteroatoms. The molecule has 1 aliphatic carbocycles. The Morgan fingerprint density at radius 3 is 2.38 bits per heavy atom. The molecule has 1 aromatic carbocycles. The average Bonchev–Trinajstić information content (AvgIpc) is 2.82. The Kier molecular flexibility index (Phi) is 8.62. The van der Waals surface area contributed by atoms with Crippen LogP contribution in [0.15, 0.2) is 48.7 Å². The number of imide groups is 1. The van der Waals surface area contributed by atoms with Crippen molar-refractivity contribution in [3.05, 3.63) is 54.2 Å². The third kappa shape index (κ3) is 6.34. The van der Waals surface area contributed by atoms with Gasteiger partial charge in [0.25, 0.3) is 5.91 Å². The van der Waals surface area contributed by atoms with Gasteiger partial charge in [0.2, 0.25) is 5.91 Å². The monoisotopic (exact) mass is 465 g/mol. The van der Waals surface area contributed by atoms with E-state index in [1.54, 1.807) is 13.2 Å². The van der Waals surface area contributed by atoms with E-state index in [0.717, 1.165) is 29.0 Å². The van der Waals surface area contributed by atoms with Crippen LogP contribution in [-0.2, 0) is 9.59 Å². The van der Waals surface area contributed by atoms with E-state index in [0.29, 0.717) is 11.7 Å². The van der Waals surface area contributed by atoms with E-state index in [-0.39, 0.29) is 24.3 Å². The number of nitrogens with two attached hydrogens (primary N) is 1. The standard InChI is InChI=1S/C20H27N3O3.C6H8N2/c1-14(15-9-5-3-6-10-15)21-20(26)23-17(13-18(23)24)19(25)22(2)16-11-7-4-8-12-16;1-5-2-3-8-6(7)4-5/h4,7-8,11-12,14-15,17H,3,5-6,9-10,13H2,1-2H3,(H,21,26);2-4H,1H3,(H2,7,8). The highest BCUT2D eigenvalue weighted by Gasteiger charge is 2.47. The number of pyridine rings is 1. The zero-order valence-corrected chi connectivity index (χ0v) is 20.2. The highest BCUT2D eigenvalue weighted by molar-refractivity contribution is 6.11. The molecule has 1 saturated heterocycles. The number of hydrogen-bond acceptors (Lipinski definition) is 5. The van der Waals surface area contributed by atoms with Crippen molar-refractivity contribution >= 4 is 29.4 Å². The SMILES string of the molecule is CC(NC(=O)N1C(=O)CC1C(=O)N(C)c1ccccc1)C1CCCCC1.Cc1ccnc(N)c1. The topological polar surface area (TPSA) is 109 Å². The highest BCUT2D eigenvalue weighted by atomic mass is 16.2. The van der Waals surface area contributed by atoms with E-state index in [1.807, 2.05) is 56.3 Å². The average molecular weight is 466 g/mol. The zero-order valence-electron chi connectivity index (χ0n) is 20.2. The van der Waals surface area contributed by atoms with Crippen LogP contribution in [0.5, 0.6) is 0 Å². The van der Waals surface area contributed by atoms with Crippen LogP contribution in [0.25, 0.3) is 0 Å². The number of nitrogens with zero attached hydrogens (tertiary/aromatic N) is 3. The number of likely N-dealkylation sites (N-methyl/N-ethyl adjacent to an activating group) is 1. The summed E-state index contributed by atoms with van der Waals surface area (Å²) in [6.07, 6.45) is 7.63. The number of benzene rings is 1. The molecule has 1 aromatic heterocycles. The lowest BCUT2D eigenvalue weighted by Gasteiger charge is -2.40. The summed E-state index contributed by atoms with van der Waals surface area (Å²) < 4.78 is 0. The quantitative estimate of drug-likeness (QED) is 0.666. The molecule has 1 aliphatic heterocycles. The Labute approximate surface area is 201 Å². The second kappa shape index (κ2) is 11.6. The normalized spacial score (nSPS) is 18.7. The summed E-state index contributed by atoms with van der Waals surface area (Å²) >= 11 is 0. The van der Waals surface area contributed by atoms with E-state index in [1.165, 1.54) is 24.2 Å². The van der Waals surface area contributed by atoms with Crippen molar-refractivity contribution in [3.63, 3.8) is 0 Å². The van der Waals surface area contributed by atoms with E-state index in [9.17, 15) is 14.4 Å². The minimum Gasteiger partial charge on any atom is -0.384 e. The maximum atomic E-state index is 12.7. The van der Waals surface area contributed by atoms with E-state index in [2.05, 4.69) is 10.3 Å². The summed E-state index contributed by atoms with van der Waals surface area (Å²) in [6, 6.07) is 11.8. The van der Waals surface area contributed by atoms with Crippen LogP contribution in [0.2, 0.25) is 0 Å². The number of rotatable bonds is 4. The molecule has 2 fully saturated rings. The Bertz CT molecular complexity index is 974. The van der Waals surface area contributed by atoms with E-state index in [4.69, 9.17) is 5.73 Å². The van der Waals surface area contributed by atoms with Crippen LogP contribution in [0.4, 0.5) is 16.3 Å². The molecule has 34 heavy (non-hydrogen) atoms. The molecule has 1 saturated carbocycles. The third-order valence-electron chi connectivity index (χ3n) is 6.57. The van der Waals surface area contributed by atoms with Gasteiger partial charge in [0.05, 0.1) is 6.42 Å². The van der Waals surface area contributed by atoms with Crippen molar-refractivity contribution in [1.82, 2.24) is 15.2 Å². The maximum Gasteiger partial charge on any atom is 0.325 e. The Morgan fingerprint density at radius 1 is 1.15 bits per heavy atom. The molecular formula is C26H35N5O3. The van der Waals surface area contributed by atoms with Crippen LogP contribution in [0.1, 0.15) is 51.0 Å². The van der Waals surface area contributed by atoms with Crippen molar-refractivity contribution < 1.29 is 14.4 Å². The maximum absolute atomic E-state index is 12.7. The summed E-state index contributed by atoms with van der Waals surface area (Å²) in [5.41, 5.74) is 7.24. The zero-order chi connectivity index (χ0) is 24.7. The number of carbonyl (C=O) groups is 3.